The highest BCUT2D eigenvalue weighted by Crippen LogP contribution is 2.26. The second-order valence-electron chi connectivity index (χ2n) is 4.57. The van der Waals surface area contributed by atoms with Crippen molar-refractivity contribution in [2.75, 3.05) is 13.2 Å². The summed E-state index contributed by atoms with van der Waals surface area (Å²) < 4.78 is 7.87. The van der Waals surface area contributed by atoms with Crippen LogP contribution in [0.2, 0.25) is 0 Å². The lowest BCUT2D eigenvalue weighted by Gasteiger charge is -2.30. The molecule has 0 radical (unpaired) electrons. The Hall–Kier alpha value is -0.870. The third-order valence-corrected chi connectivity index (χ3v) is 3.35. The maximum atomic E-state index is 5.89. The van der Waals surface area contributed by atoms with Crippen LogP contribution in [0.5, 0.6) is 0 Å². The van der Waals surface area contributed by atoms with Crippen LogP contribution < -0.4 is 5.32 Å². The normalized spacial score (nSPS) is 22.6. The van der Waals surface area contributed by atoms with E-state index in [1.807, 2.05) is 10.9 Å². The van der Waals surface area contributed by atoms with E-state index in [2.05, 4.69) is 30.5 Å². The summed E-state index contributed by atoms with van der Waals surface area (Å²) in [7, 11) is 0. The Morgan fingerprint density at radius 2 is 2.41 bits per heavy atom. The molecule has 1 N–H and O–H groups in total. The first-order valence-corrected chi connectivity index (χ1v) is 6.72. The fourth-order valence-corrected chi connectivity index (χ4v) is 2.43. The van der Waals surface area contributed by atoms with E-state index in [1.165, 1.54) is 18.4 Å². The van der Waals surface area contributed by atoms with Gasteiger partial charge in [-0.2, -0.15) is 5.10 Å². The average molecular weight is 237 g/mol. The number of hydrogen-bond donors (Lipinski definition) is 1. The van der Waals surface area contributed by atoms with Crippen molar-refractivity contribution in [1.29, 1.82) is 0 Å². The standard InChI is InChI=1S/C13H23N3O/c1-3-14-13(12-7-5-6-8-17-12)11-9-15-16(4-2)10-11/h9-10,12-14H,3-8H2,1-2H3. The van der Waals surface area contributed by atoms with Crippen LogP contribution in [0.15, 0.2) is 12.4 Å². The lowest BCUT2D eigenvalue weighted by atomic mass is 9.98. The van der Waals surface area contributed by atoms with Gasteiger partial charge in [0.2, 0.25) is 0 Å². The van der Waals surface area contributed by atoms with Crippen LogP contribution in [0.4, 0.5) is 0 Å². The zero-order valence-electron chi connectivity index (χ0n) is 10.9. The first-order valence-electron chi connectivity index (χ1n) is 6.72. The highest BCUT2D eigenvalue weighted by atomic mass is 16.5. The highest BCUT2D eigenvalue weighted by Gasteiger charge is 2.26. The summed E-state index contributed by atoms with van der Waals surface area (Å²) in [4.78, 5) is 0. The minimum Gasteiger partial charge on any atom is -0.376 e. The Labute approximate surface area is 103 Å². The summed E-state index contributed by atoms with van der Waals surface area (Å²) in [6.45, 7) is 7.02. The van der Waals surface area contributed by atoms with E-state index in [0.29, 0.717) is 12.1 Å². The first-order chi connectivity index (χ1) is 8.35. The minimum atomic E-state index is 0.292. The van der Waals surface area contributed by atoms with Crippen molar-refractivity contribution in [3.8, 4) is 0 Å². The predicted molar refractivity (Wildman–Crippen MR) is 67.9 cm³/mol. The largest absolute Gasteiger partial charge is 0.376 e. The maximum Gasteiger partial charge on any atom is 0.0770 e. The molecule has 1 aliphatic heterocycles. The first kappa shape index (κ1) is 12.6. The van der Waals surface area contributed by atoms with Crippen LogP contribution in [0.3, 0.4) is 0 Å². The molecule has 1 aromatic rings. The van der Waals surface area contributed by atoms with Crippen LogP contribution in [0.25, 0.3) is 0 Å². The van der Waals surface area contributed by atoms with Crippen LogP contribution >= 0.6 is 0 Å². The Morgan fingerprint density at radius 1 is 1.53 bits per heavy atom. The van der Waals surface area contributed by atoms with E-state index >= 15 is 0 Å². The third kappa shape index (κ3) is 3.07. The number of nitrogens with one attached hydrogen (secondary N) is 1. The zero-order chi connectivity index (χ0) is 12.1. The summed E-state index contributed by atoms with van der Waals surface area (Å²) in [6, 6.07) is 0.292. The second kappa shape index (κ2) is 6.17. The van der Waals surface area contributed by atoms with Gasteiger partial charge in [0.1, 0.15) is 0 Å². The van der Waals surface area contributed by atoms with Gasteiger partial charge in [0.25, 0.3) is 0 Å². The molecule has 0 spiro atoms. The minimum absolute atomic E-state index is 0.292. The summed E-state index contributed by atoms with van der Waals surface area (Å²) >= 11 is 0. The molecule has 0 saturated carbocycles. The molecule has 96 valence electrons. The van der Waals surface area contributed by atoms with Gasteiger partial charge in [0, 0.05) is 24.9 Å². The molecule has 4 heteroatoms. The molecule has 17 heavy (non-hydrogen) atoms. The van der Waals surface area contributed by atoms with Gasteiger partial charge in [-0.1, -0.05) is 6.92 Å². The van der Waals surface area contributed by atoms with Crippen molar-refractivity contribution in [2.24, 2.45) is 0 Å². The van der Waals surface area contributed by atoms with E-state index in [9.17, 15) is 0 Å². The smallest absolute Gasteiger partial charge is 0.0770 e. The van der Waals surface area contributed by atoms with Crippen LogP contribution in [0.1, 0.15) is 44.7 Å². The van der Waals surface area contributed by atoms with Crippen LogP contribution in [-0.4, -0.2) is 29.0 Å². The molecule has 2 heterocycles. The second-order valence-corrected chi connectivity index (χ2v) is 4.57. The predicted octanol–water partition coefficient (Wildman–Crippen LogP) is 2.12. The Bertz CT molecular complexity index is 331. The van der Waals surface area contributed by atoms with E-state index in [-0.39, 0.29) is 0 Å². The van der Waals surface area contributed by atoms with Gasteiger partial charge < -0.3 is 10.1 Å². The molecule has 0 aliphatic carbocycles. The number of hydrogen-bond acceptors (Lipinski definition) is 3. The van der Waals surface area contributed by atoms with Crippen molar-refractivity contribution >= 4 is 0 Å². The summed E-state index contributed by atoms with van der Waals surface area (Å²) in [5, 5.41) is 7.88. The molecule has 2 unspecified atom stereocenters. The van der Waals surface area contributed by atoms with Gasteiger partial charge in [-0.15, -0.1) is 0 Å². The number of nitrogens with zero attached hydrogens (tertiary/aromatic N) is 2. The fourth-order valence-electron chi connectivity index (χ4n) is 2.43. The van der Waals surface area contributed by atoms with Gasteiger partial charge in [-0.3, -0.25) is 4.68 Å². The van der Waals surface area contributed by atoms with Crippen molar-refractivity contribution in [1.82, 2.24) is 15.1 Å². The Balaban J connectivity index is 2.09. The summed E-state index contributed by atoms with van der Waals surface area (Å²) in [5.41, 5.74) is 1.25. The van der Waals surface area contributed by atoms with Gasteiger partial charge >= 0.3 is 0 Å². The monoisotopic (exact) mass is 237 g/mol. The molecule has 1 aromatic heterocycles. The maximum absolute atomic E-state index is 5.89. The lowest BCUT2D eigenvalue weighted by molar-refractivity contribution is -0.00788. The number of rotatable bonds is 5. The van der Waals surface area contributed by atoms with Crippen LogP contribution in [0, 0.1) is 0 Å². The molecule has 1 aliphatic rings. The average Bonchev–Trinajstić information content (AvgIpc) is 2.85. The van der Waals surface area contributed by atoms with Crippen molar-refractivity contribution in [3.05, 3.63) is 18.0 Å². The number of ether oxygens (including phenoxy) is 1. The molecule has 0 amide bonds. The van der Waals surface area contributed by atoms with Crippen molar-refractivity contribution < 1.29 is 4.74 Å². The molecular weight excluding hydrogens is 214 g/mol. The topological polar surface area (TPSA) is 39.1 Å². The molecule has 0 bridgehead atoms. The quantitative estimate of drug-likeness (QED) is 0.852. The Kier molecular flexibility index (Phi) is 4.57. The molecule has 4 nitrogen and oxygen atoms in total. The molecule has 1 saturated heterocycles. The van der Waals surface area contributed by atoms with Crippen LogP contribution in [-0.2, 0) is 11.3 Å². The number of aromatic nitrogens is 2. The van der Waals surface area contributed by atoms with E-state index < -0.39 is 0 Å². The highest BCUT2D eigenvalue weighted by molar-refractivity contribution is 5.12. The van der Waals surface area contributed by atoms with Crippen molar-refractivity contribution in [3.63, 3.8) is 0 Å². The Morgan fingerprint density at radius 3 is 3.00 bits per heavy atom. The summed E-state index contributed by atoms with van der Waals surface area (Å²) in [6.07, 6.45) is 8.02. The molecular formula is C13H23N3O. The van der Waals surface area contributed by atoms with Gasteiger partial charge in [0.05, 0.1) is 18.3 Å². The van der Waals surface area contributed by atoms with E-state index in [4.69, 9.17) is 4.74 Å². The summed E-state index contributed by atoms with van der Waals surface area (Å²) in [5.74, 6) is 0. The van der Waals surface area contributed by atoms with Gasteiger partial charge in [-0.25, -0.2) is 0 Å². The fraction of sp³-hybridized carbons (Fsp3) is 0.769. The lowest BCUT2D eigenvalue weighted by Crippen LogP contribution is -2.35. The molecule has 2 atom stereocenters. The number of aryl methyl sites for hydroxylation is 1. The van der Waals surface area contributed by atoms with E-state index in [0.717, 1.165) is 26.1 Å². The SMILES string of the molecule is CCNC(c1cnn(CC)c1)C1CCCCO1. The van der Waals surface area contributed by atoms with Gasteiger partial charge in [-0.05, 0) is 32.7 Å². The van der Waals surface area contributed by atoms with E-state index in [1.54, 1.807) is 0 Å². The number of likely N-dealkylation sites (N-methyl/N-ethyl adjacent to an activating group) is 1. The third-order valence-electron chi connectivity index (χ3n) is 3.35. The zero-order valence-corrected chi connectivity index (χ0v) is 10.9. The molecule has 0 aromatic carbocycles. The molecule has 2 rings (SSSR count). The molecule has 1 fully saturated rings. The van der Waals surface area contributed by atoms with Gasteiger partial charge in [0.15, 0.2) is 0 Å². The van der Waals surface area contributed by atoms with Crippen molar-refractivity contribution in [2.45, 2.75) is 51.8 Å².